The molecule has 0 heterocycles. The molecule has 0 aliphatic carbocycles. The van der Waals surface area contributed by atoms with Crippen molar-refractivity contribution in [1.82, 2.24) is 0 Å². The molecule has 92 valence electrons. The summed E-state index contributed by atoms with van der Waals surface area (Å²) >= 11 is 0. The van der Waals surface area contributed by atoms with Gasteiger partial charge in [0.25, 0.3) is 0 Å². The fourth-order valence-corrected chi connectivity index (χ4v) is 1.21. The van der Waals surface area contributed by atoms with Crippen LogP contribution in [0.1, 0.15) is 13.8 Å². The summed E-state index contributed by atoms with van der Waals surface area (Å²) in [5, 5.41) is 0. The SMILES string of the molecule is C/C=C(\COc1ccc(N)cc1)C(=O)OCC. The van der Waals surface area contributed by atoms with Crippen LogP contribution >= 0.6 is 0 Å². The van der Waals surface area contributed by atoms with Crippen LogP contribution in [0.25, 0.3) is 0 Å². The maximum Gasteiger partial charge on any atom is 0.337 e. The molecule has 0 saturated heterocycles. The van der Waals surface area contributed by atoms with E-state index in [1.807, 2.05) is 0 Å². The first-order valence-corrected chi connectivity index (χ1v) is 5.48. The minimum atomic E-state index is -0.342. The topological polar surface area (TPSA) is 61.5 Å². The molecule has 0 aliphatic heterocycles. The quantitative estimate of drug-likeness (QED) is 0.482. The van der Waals surface area contributed by atoms with E-state index in [0.717, 1.165) is 0 Å². The minimum Gasteiger partial charge on any atom is -0.489 e. The van der Waals surface area contributed by atoms with Crippen LogP contribution in [0, 0.1) is 0 Å². The second kappa shape index (κ2) is 6.58. The van der Waals surface area contributed by atoms with Crippen LogP contribution in [0.3, 0.4) is 0 Å². The number of hydrogen-bond acceptors (Lipinski definition) is 4. The molecule has 0 bridgehead atoms. The Balaban J connectivity index is 2.54. The van der Waals surface area contributed by atoms with Gasteiger partial charge in [0, 0.05) is 5.69 Å². The Morgan fingerprint density at radius 3 is 2.53 bits per heavy atom. The van der Waals surface area contributed by atoms with E-state index in [2.05, 4.69) is 0 Å². The molecule has 0 saturated carbocycles. The second-order valence-corrected chi connectivity index (χ2v) is 3.39. The zero-order valence-electron chi connectivity index (χ0n) is 10.1. The van der Waals surface area contributed by atoms with Gasteiger partial charge in [-0.25, -0.2) is 4.79 Å². The van der Waals surface area contributed by atoms with Crippen LogP contribution in [-0.2, 0) is 9.53 Å². The number of allylic oxidation sites excluding steroid dienone is 1. The minimum absolute atomic E-state index is 0.194. The molecule has 0 spiro atoms. The number of nitrogens with two attached hydrogens (primary N) is 1. The second-order valence-electron chi connectivity index (χ2n) is 3.39. The Morgan fingerprint density at radius 2 is 2.00 bits per heavy atom. The fourth-order valence-electron chi connectivity index (χ4n) is 1.21. The van der Waals surface area contributed by atoms with Gasteiger partial charge in [-0.05, 0) is 38.1 Å². The van der Waals surface area contributed by atoms with Crippen molar-refractivity contribution < 1.29 is 14.3 Å². The lowest BCUT2D eigenvalue weighted by atomic mass is 10.2. The Morgan fingerprint density at radius 1 is 1.35 bits per heavy atom. The van der Waals surface area contributed by atoms with E-state index in [4.69, 9.17) is 15.2 Å². The van der Waals surface area contributed by atoms with E-state index in [1.165, 1.54) is 0 Å². The van der Waals surface area contributed by atoms with Crippen molar-refractivity contribution in [3.8, 4) is 5.75 Å². The van der Waals surface area contributed by atoms with E-state index in [-0.39, 0.29) is 12.6 Å². The third-order valence-electron chi connectivity index (χ3n) is 2.16. The number of esters is 1. The Hall–Kier alpha value is -1.97. The van der Waals surface area contributed by atoms with Crippen molar-refractivity contribution in [3.05, 3.63) is 35.9 Å². The number of hydrogen-bond donors (Lipinski definition) is 1. The lowest BCUT2D eigenvalue weighted by Gasteiger charge is -2.09. The molecule has 4 nitrogen and oxygen atoms in total. The molecule has 0 amide bonds. The van der Waals surface area contributed by atoms with Gasteiger partial charge in [-0.1, -0.05) is 6.08 Å². The van der Waals surface area contributed by atoms with Gasteiger partial charge >= 0.3 is 5.97 Å². The van der Waals surface area contributed by atoms with Crippen molar-refractivity contribution in [2.75, 3.05) is 18.9 Å². The Labute approximate surface area is 101 Å². The monoisotopic (exact) mass is 235 g/mol. The molecular formula is C13H17NO3. The van der Waals surface area contributed by atoms with Gasteiger partial charge in [0.1, 0.15) is 12.4 Å². The van der Waals surface area contributed by atoms with Crippen LogP contribution in [0.5, 0.6) is 5.75 Å². The zero-order chi connectivity index (χ0) is 12.7. The number of carbonyl (C=O) groups is 1. The molecule has 17 heavy (non-hydrogen) atoms. The predicted molar refractivity (Wildman–Crippen MR) is 66.7 cm³/mol. The third-order valence-corrected chi connectivity index (χ3v) is 2.16. The van der Waals surface area contributed by atoms with Crippen molar-refractivity contribution in [2.45, 2.75) is 13.8 Å². The van der Waals surface area contributed by atoms with E-state index >= 15 is 0 Å². The average molecular weight is 235 g/mol. The summed E-state index contributed by atoms with van der Waals surface area (Å²) < 4.78 is 10.4. The van der Waals surface area contributed by atoms with Crippen LogP contribution in [0.4, 0.5) is 5.69 Å². The van der Waals surface area contributed by atoms with Crippen LogP contribution in [0.2, 0.25) is 0 Å². The molecule has 1 aromatic carbocycles. The van der Waals surface area contributed by atoms with E-state index in [9.17, 15) is 4.79 Å². The summed E-state index contributed by atoms with van der Waals surface area (Å²) in [5.41, 5.74) is 6.73. The first kappa shape index (κ1) is 13.1. The molecule has 0 fully saturated rings. The number of ether oxygens (including phenoxy) is 2. The molecule has 0 radical (unpaired) electrons. The van der Waals surface area contributed by atoms with Crippen molar-refractivity contribution in [2.24, 2.45) is 0 Å². The lowest BCUT2D eigenvalue weighted by Crippen LogP contribution is -2.14. The van der Waals surface area contributed by atoms with Gasteiger partial charge in [0.2, 0.25) is 0 Å². The van der Waals surface area contributed by atoms with Gasteiger partial charge in [-0.15, -0.1) is 0 Å². The molecular weight excluding hydrogens is 218 g/mol. The zero-order valence-corrected chi connectivity index (χ0v) is 10.1. The number of benzene rings is 1. The number of carbonyl (C=O) groups excluding carboxylic acids is 1. The van der Waals surface area contributed by atoms with E-state index in [0.29, 0.717) is 23.6 Å². The number of rotatable bonds is 5. The highest BCUT2D eigenvalue weighted by atomic mass is 16.5. The highest BCUT2D eigenvalue weighted by Crippen LogP contribution is 2.14. The fraction of sp³-hybridized carbons (Fsp3) is 0.308. The van der Waals surface area contributed by atoms with Crippen LogP contribution in [0.15, 0.2) is 35.9 Å². The highest BCUT2D eigenvalue weighted by Gasteiger charge is 2.09. The van der Waals surface area contributed by atoms with Gasteiger partial charge in [-0.3, -0.25) is 0 Å². The van der Waals surface area contributed by atoms with Crippen LogP contribution in [-0.4, -0.2) is 19.2 Å². The van der Waals surface area contributed by atoms with E-state index in [1.54, 1.807) is 44.2 Å². The summed E-state index contributed by atoms with van der Waals surface area (Å²) in [4.78, 5) is 11.5. The molecule has 2 N–H and O–H groups in total. The average Bonchev–Trinajstić information content (AvgIpc) is 2.32. The first-order valence-electron chi connectivity index (χ1n) is 5.48. The molecule has 4 heteroatoms. The molecule has 0 aromatic heterocycles. The largest absolute Gasteiger partial charge is 0.489 e. The van der Waals surface area contributed by atoms with E-state index < -0.39 is 0 Å². The lowest BCUT2D eigenvalue weighted by molar-refractivity contribution is -0.138. The maximum absolute atomic E-state index is 11.5. The Kier molecular flexibility index (Phi) is 5.07. The van der Waals surface area contributed by atoms with Gasteiger partial charge in [-0.2, -0.15) is 0 Å². The van der Waals surface area contributed by atoms with Gasteiger partial charge < -0.3 is 15.2 Å². The third kappa shape index (κ3) is 4.18. The highest BCUT2D eigenvalue weighted by molar-refractivity contribution is 5.88. The smallest absolute Gasteiger partial charge is 0.337 e. The van der Waals surface area contributed by atoms with Crippen molar-refractivity contribution >= 4 is 11.7 Å². The normalized spacial score (nSPS) is 11.1. The first-order chi connectivity index (χ1) is 8.17. The Bertz CT molecular complexity index is 396. The summed E-state index contributed by atoms with van der Waals surface area (Å²) in [7, 11) is 0. The summed E-state index contributed by atoms with van der Waals surface area (Å²) in [6, 6.07) is 7.01. The molecule has 0 unspecified atom stereocenters. The summed E-state index contributed by atoms with van der Waals surface area (Å²) in [5.74, 6) is 0.327. The summed E-state index contributed by atoms with van der Waals surface area (Å²) in [6.45, 7) is 4.10. The molecule has 0 aliphatic rings. The predicted octanol–water partition coefficient (Wildman–Crippen LogP) is 2.16. The van der Waals surface area contributed by atoms with Crippen LogP contribution < -0.4 is 10.5 Å². The summed E-state index contributed by atoms with van der Waals surface area (Å²) in [6.07, 6.45) is 1.69. The maximum atomic E-state index is 11.5. The van der Waals surface area contributed by atoms with Gasteiger partial charge in [0.05, 0.1) is 12.2 Å². The molecule has 1 rings (SSSR count). The van der Waals surface area contributed by atoms with Crippen molar-refractivity contribution in [1.29, 1.82) is 0 Å². The van der Waals surface area contributed by atoms with Gasteiger partial charge in [0.15, 0.2) is 0 Å². The molecule has 1 aromatic rings. The number of nitrogen functional groups attached to an aromatic ring is 1. The number of anilines is 1. The molecule has 0 atom stereocenters. The standard InChI is InChI=1S/C13H17NO3/c1-3-10(13(15)16-4-2)9-17-12-7-5-11(14)6-8-12/h3,5-8H,4,9,14H2,1-2H3/b10-3+. The van der Waals surface area contributed by atoms with Crippen molar-refractivity contribution in [3.63, 3.8) is 0 Å².